The van der Waals surface area contributed by atoms with E-state index >= 15 is 0 Å². The van der Waals surface area contributed by atoms with Crippen molar-refractivity contribution in [3.05, 3.63) is 0 Å². The van der Waals surface area contributed by atoms with Crippen LogP contribution in [0, 0.1) is 0 Å². The highest BCUT2D eigenvalue weighted by atomic mass is 35.7. The molecule has 0 aliphatic carbocycles. The first kappa shape index (κ1) is 14.1. The summed E-state index contributed by atoms with van der Waals surface area (Å²) < 4.78 is 0. The molecule has 70 valence electrons. The normalized spacial score (nSPS) is 9.82. The number of nitrogens with zero attached hydrogens (tertiary/aromatic N) is 1. The number of rotatable bonds is 3. The van der Waals surface area contributed by atoms with Gasteiger partial charge in [0.15, 0.2) is 0 Å². The minimum Gasteiger partial charge on any atom is -0.338 e. The fourth-order valence-corrected chi connectivity index (χ4v) is 0.671. The lowest BCUT2D eigenvalue weighted by molar-refractivity contribution is 0.321. The second kappa shape index (κ2) is 10.6. The molecule has 0 aromatic rings. The zero-order valence-corrected chi connectivity index (χ0v) is 8.94. The van der Waals surface area contributed by atoms with Crippen LogP contribution in [0.3, 0.4) is 0 Å². The Morgan fingerprint density at radius 1 is 1.09 bits per heavy atom. The number of halogens is 1. The summed E-state index contributed by atoms with van der Waals surface area (Å²) in [5.74, 6) is 0. The molecule has 2 N–H and O–H groups in total. The molecule has 11 heavy (non-hydrogen) atoms. The van der Waals surface area contributed by atoms with Crippen LogP contribution in [-0.2, 0) is 0 Å². The summed E-state index contributed by atoms with van der Waals surface area (Å²) in [5, 5.41) is 0. The Morgan fingerprint density at radius 3 is 1.27 bits per heavy atom. The van der Waals surface area contributed by atoms with Crippen molar-refractivity contribution in [2.75, 3.05) is 19.6 Å². The van der Waals surface area contributed by atoms with Crippen LogP contribution < -0.4 is 0 Å². The van der Waals surface area contributed by atoms with Crippen LogP contribution >= 0.6 is 19.0 Å². The van der Waals surface area contributed by atoms with Crippen molar-refractivity contribution in [2.24, 2.45) is 0 Å². The molecule has 5 heteroatoms. The van der Waals surface area contributed by atoms with Crippen molar-refractivity contribution >= 4 is 19.0 Å². The predicted octanol–water partition coefficient (Wildman–Crippen LogP) is 1.78. The van der Waals surface area contributed by atoms with Gasteiger partial charge in [-0.05, 0) is 30.9 Å². The lowest BCUT2D eigenvalue weighted by atomic mass is 10.5. The summed E-state index contributed by atoms with van der Waals surface area (Å²) in [6.07, 6.45) is 0. The highest BCUT2D eigenvalue weighted by Gasteiger charge is 1.89. The molecular formula is C6H17ClNO2P. The van der Waals surface area contributed by atoms with Gasteiger partial charge >= 0.3 is 0 Å². The molecule has 0 aliphatic rings. The number of hydrogen-bond acceptors (Lipinski definition) is 3. The maximum atomic E-state index is 7.44. The second-order valence-corrected chi connectivity index (χ2v) is 3.25. The predicted molar refractivity (Wildman–Crippen MR) is 50.7 cm³/mol. The Balaban J connectivity index is 0. The molecule has 0 aromatic carbocycles. The minimum atomic E-state index is -2.15. The van der Waals surface area contributed by atoms with Crippen molar-refractivity contribution < 1.29 is 9.79 Å². The van der Waals surface area contributed by atoms with E-state index in [0.717, 1.165) is 0 Å². The first-order valence-electron chi connectivity index (χ1n) is 3.64. The van der Waals surface area contributed by atoms with E-state index in [9.17, 15) is 0 Å². The molecule has 0 atom stereocenters. The fraction of sp³-hybridized carbons (Fsp3) is 1.00. The van der Waals surface area contributed by atoms with Crippen molar-refractivity contribution in [3.8, 4) is 0 Å². The van der Waals surface area contributed by atoms with E-state index in [4.69, 9.17) is 9.79 Å². The van der Waals surface area contributed by atoms with Gasteiger partial charge in [0.2, 0.25) is 0 Å². The number of hydrogen-bond donors (Lipinski definition) is 2. The largest absolute Gasteiger partial charge is 0.338 e. The highest BCUT2D eigenvalue weighted by molar-refractivity contribution is 7.74. The molecule has 0 fully saturated rings. The molecule has 0 bridgehead atoms. The third-order valence-corrected chi connectivity index (χ3v) is 1.34. The molecule has 0 saturated heterocycles. The van der Waals surface area contributed by atoms with Crippen molar-refractivity contribution in [1.82, 2.24) is 4.90 Å². The molecule has 0 spiro atoms. The summed E-state index contributed by atoms with van der Waals surface area (Å²) in [4.78, 5) is 17.3. The molecule has 0 radical (unpaired) electrons. The van der Waals surface area contributed by atoms with Crippen LogP contribution in [0.2, 0.25) is 0 Å². The first-order valence-corrected chi connectivity index (χ1v) is 5.79. The van der Waals surface area contributed by atoms with Crippen molar-refractivity contribution in [1.29, 1.82) is 0 Å². The van der Waals surface area contributed by atoms with E-state index in [2.05, 4.69) is 36.9 Å². The van der Waals surface area contributed by atoms with Gasteiger partial charge in [0.25, 0.3) is 7.73 Å². The minimum absolute atomic E-state index is 1.19. The Hall–Kier alpha value is 0.600. The summed E-state index contributed by atoms with van der Waals surface area (Å²) in [5.41, 5.74) is 0. The quantitative estimate of drug-likeness (QED) is 0.685. The molecule has 0 rings (SSSR count). The molecule has 0 saturated carbocycles. The smallest absolute Gasteiger partial charge is 0.271 e. The molecule has 0 aromatic heterocycles. The topological polar surface area (TPSA) is 43.7 Å². The van der Waals surface area contributed by atoms with E-state index in [1.807, 2.05) is 0 Å². The zero-order valence-electron chi connectivity index (χ0n) is 7.29. The Labute approximate surface area is 74.7 Å². The highest BCUT2D eigenvalue weighted by Crippen LogP contribution is 2.27. The summed E-state index contributed by atoms with van der Waals surface area (Å²) >= 11 is 4.45. The van der Waals surface area contributed by atoms with Gasteiger partial charge in [0, 0.05) is 0 Å². The molecule has 0 heterocycles. The molecule has 0 unspecified atom stereocenters. The van der Waals surface area contributed by atoms with Crippen molar-refractivity contribution in [3.63, 3.8) is 0 Å². The standard InChI is InChI=1S/C6H15N.ClH2O2P/c1-4-7(5-2)6-3;1-4(2)3/h4-6H2,1-3H3;2-3H. The van der Waals surface area contributed by atoms with Gasteiger partial charge in [-0.2, -0.15) is 0 Å². The van der Waals surface area contributed by atoms with Crippen molar-refractivity contribution in [2.45, 2.75) is 20.8 Å². The third-order valence-electron chi connectivity index (χ3n) is 1.34. The average Bonchev–Trinajstić information content (AvgIpc) is 1.90. The Bertz CT molecular complexity index is 63.3. The van der Waals surface area contributed by atoms with Gasteiger partial charge in [0.05, 0.1) is 0 Å². The van der Waals surface area contributed by atoms with Gasteiger partial charge < -0.3 is 14.7 Å². The first-order chi connectivity index (χ1) is 5.08. The summed E-state index contributed by atoms with van der Waals surface area (Å²) in [7, 11) is -2.15. The zero-order chi connectivity index (χ0) is 9.28. The fourth-order valence-electron chi connectivity index (χ4n) is 0.671. The van der Waals surface area contributed by atoms with Crippen LogP contribution in [0.4, 0.5) is 0 Å². The Kier molecular flexibility index (Phi) is 13.6. The van der Waals surface area contributed by atoms with Crippen LogP contribution in [-0.4, -0.2) is 34.3 Å². The monoisotopic (exact) mass is 201 g/mol. The second-order valence-electron chi connectivity index (χ2n) is 1.86. The van der Waals surface area contributed by atoms with Crippen LogP contribution in [0.1, 0.15) is 20.8 Å². The maximum absolute atomic E-state index is 7.44. The third kappa shape index (κ3) is 18.0. The average molecular weight is 202 g/mol. The van der Waals surface area contributed by atoms with Crippen LogP contribution in [0.15, 0.2) is 0 Å². The van der Waals surface area contributed by atoms with Gasteiger partial charge in [-0.1, -0.05) is 20.8 Å². The molecular weight excluding hydrogens is 184 g/mol. The maximum Gasteiger partial charge on any atom is 0.271 e. The van der Waals surface area contributed by atoms with Crippen LogP contribution in [0.25, 0.3) is 0 Å². The molecule has 0 amide bonds. The molecule has 3 nitrogen and oxygen atoms in total. The SMILES string of the molecule is CCN(CC)CC.OP(O)Cl. The van der Waals surface area contributed by atoms with Crippen LogP contribution in [0.5, 0.6) is 0 Å². The van der Waals surface area contributed by atoms with E-state index in [1.165, 1.54) is 19.6 Å². The van der Waals surface area contributed by atoms with Gasteiger partial charge in [-0.15, -0.1) is 0 Å². The van der Waals surface area contributed by atoms with Gasteiger partial charge in [0.1, 0.15) is 0 Å². The lowest BCUT2D eigenvalue weighted by Gasteiger charge is -2.13. The van der Waals surface area contributed by atoms with E-state index in [0.29, 0.717) is 0 Å². The van der Waals surface area contributed by atoms with Gasteiger partial charge in [-0.25, -0.2) is 0 Å². The van der Waals surface area contributed by atoms with E-state index < -0.39 is 7.73 Å². The van der Waals surface area contributed by atoms with E-state index in [1.54, 1.807) is 0 Å². The Morgan fingerprint density at radius 2 is 1.27 bits per heavy atom. The summed E-state index contributed by atoms with van der Waals surface area (Å²) in [6, 6.07) is 0. The van der Waals surface area contributed by atoms with Gasteiger partial charge in [-0.3, -0.25) is 0 Å². The summed E-state index contributed by atoms with van der Waals surface area (Å²) in [6.45, 7) is 10.1. The molecule has 0 aliphatic heterocycles. The lowest BCUT2D eigenvalue weighted by Crippen LogP contribution is -2.21. The van der Waals surface area contributed by atoms with E-state index in [-0.39, 0.29) is 0 Å².